The molecule has 0 radical (unpaired) electrons. The van der Waals surface area contributed by atoms with E-state index in [4.69, 9.17) is 15.4 Å². The minimum absolute atomic E-state index is 0.0305. The van der Waals surface area contributed by atoms with Crippen LogP contribution in [0.4, 0.5) is 24.5 Å². The quantitative estimate of drug-likeness (QED) is 0.285. The lowest BCUT2D eigenvalue weighted by atomic mass is 9.94. The monoisotopic (exact) mass is 480 g/mol. The molecule has 166 valence electrons. The van der Waals surface area contributed by atoms with Gasteiger partial charge in [-0.15, -0.1) is 0 Å². The molecule has 9 nitrogen and oxygen atoms in total. The predicted octanol–water partition coefficient (Wildman–Crippen LogP) is 3.23. The van der Waals surface area contributed by atoms with Gasteiger partial charge in [0.05, 0.1) is 27.5 Å². The van der Waals surface area contributed by atoms with E-state index in [1.807, 2.05) is 0 Å². The van der Waals surface area contributed by atoms with Crippen molar-refractivity contribution in [3.63, 3.8) is 0 Å². The molecular formula is C17H12ClF3N2O7S. The van der Waals surface area contributed by atoms with E-state index in [2.05, 4.69) is 0 Å². The highest BCUT2D eigenvalue weighted by atomic mass is 35.7. The van der Waals surface area contributed by atoms with Gasteiger partial charge in [0, 0.05) is 36.1 Å². The van der Waals surface area contributed by atoms with Crippen LogP contribution in [0.3, 0.4) is 0 Å². The lowest BCUT2D eigenvalue weighted by Gasteiger charge is -2.19. The fourth-order valence-corrected chi connectivity index (χ4v) is 4.23. The molecule has 1 aliphatic rings. The predicted molar refractivity (Wildman–Crippen MR) is 101 cm³/mol. The Morgan fingerprint density at radius 1 is 1.29 bits per heavy atom. The van der Waals surface area contributed by atoms with Crippen molar-refractivity contribution >= 4 is 53.8 Å². The van der Waals surface area contributed by atoms with E-state index in [-0.39, 0.29) is 22.0 Å². The number of halogens is 4. The normalized spacial score (nSPS) is 16.3. The molecular weight excluding hydrogens is 469 g/mol. The third kappa shape index (κ3) is 4.28. The molecule has 0 aliphatic carbocycles. The number of rotatable bonds is 4. The summed E-state index contributed by atoms with van der Waals surface area (Å²) >= 11 is 0. The summed E-state index contributed by atoms with van der Waals surface area (Å²) < 4.78 is 67.5. The minimum atomic E-state index is -5.26. The second-order valence-electron chi connectivity index (χ2n) is 6.64. The summed E-state index contributed by atoms with van der Waals surface area (Å²) in [5, 5.41) is 11.4. The molecule has 0 spiro atoms. The van der Waals surface area contributed by atoms with Gasteiger partial charge in [-0.2, -0.15) is 13.2 Å². The molecule has 1 aliphatic heterocycles. The van der Waals surface area contributed by atoms with Crippen LogP contribution in [-0.4, -0.2) is 44.5 Å². The molecule has 14 heteroatoms. The Balaban J connectivity index is 2.33. The Hall–Kier alpha value is -2.93. The van der Waals surface area contributed by atoms with Crippen LogP contribution in [-0.2, 0) is 23.4 Å². The van der Waals surface area contributed by atoms with E-state index in [0.29, 0.717) is 4.90 Å². The van der Waals surface area contributed by atoms with E-state index in [1.54, 1.807) is 0 Å². The Bertz CT molecular complexity index is 1230. The zero-order valence-electron chi connectivity index (χ0n) is 15.5. The highest BCUT2D eigenvalue weighted by Gasteiger charge is 2.48. The summed E-state index contributed by atoms with van der Waals surface area (Å²) in [4.78, 5) is 33.7. The van der Waals surface area contributed by atoms with Crippen molar-refractivity contribution in [2.45, 2.75) is 23.9 Å². The van der Waals surface area contributed by atoms with Crippen LogP contribution < -0.4 is 4.90 Å². The lowest BCUT2D eigenvalue weighted by molar-refractivity contribution is -0.383. The number of nitrogens with zero attached hydrogens (tertiary/aromatic N) is 2. The number of nitro groups is 1. The molecule has 0 aromatic heterocycles. The summed E-state index contributed by atoms with van der Waals surface area (Å²) in [5.41, 5.74) is -1.01. The van der Waals surface area contributed by atoms with Crippen molar-refractivity contribution in [2.24, 2.45) is 0 Å². The molecule has 0 saturated heterocycles. The molecule has 0 N–H and O–H groups in total. The smallest absolute Gasteiger partial charge is 0.465 e. The number of carbonyl (C=O) groups is 2. The van der Waals surface area contributed by atoms with Gasteiger partial charge in [-0.1, -0.05) is 6.07 Å². The van der Waals surface area contributed by atoms with Crippen LogP contribution in [0.25, 0.3) is 10.8 Å². The molecule has 1 unspecified atom stereocenters. The topological polar surface area (TPSA) is 124 Å². The Morgan fingerprint density at radius 2 is 1.94 bits per heavy atom. The summed E-state index contributed by atoms with van der Waals surface area (Å²) in [7, 11) is 1.04. The molecule has 0 saturated carbocycles. The summed E-state index contributed by atoms with van der Waals surface area (Å²) in [6.07, 6.45) is -5.26. The maximum atomic E-state index is 13.1. The fourth-order valence-electron chi connectivity index (χ4n) is 3.46. The first-order chi connectivity index (χ1) is 14.2. The molecule has 1 heterocycles. The fraction of sp³-hybridized carbons (Fsp3) is 0.294. The number of hydrogen-bond donors (Lipinski definition) is 0. The molecule has 1 amide bonds. The number of carbonyl (C=O) groups excluding carboxylic acids is 2. The highest BCUT2D eigenvalue weighted by Crippen LogP contribution is 2.46. The first kappa shape index (κ1) is 22.7. The average Bonchev–Trinajstić information content (AvgIpc) is 3.01. The molecule has 31 heavy (non-hydrogen) atoms. The summed E-state index contributed by atoms with van der Waals surface area (Å²) in [6, 6.07) is 3.87. The zero-order chi connectivity index (χ0) is 23.3. The van der Waals surface area contributed by atoms with Gasteiger partial charge in [0.15, 0.2) is 0 Å². The van der Waals surface area contributed by atoms with E-state index >= 15 is 0 Å². The van der Waals surface area contributed by atoms with Gasteiger partial charge < -0.3 is 9.64 Å². The van der Waals surface area contributed by atoms with Crippen LogP contribution in [0, 0.1) is 10.1 Å². The maximum absolute atomic E-state index is 13.1. The van der Waals surface area contributed by atoms with Crippen molar-refractivity contribution in [1.29, 1.82) is 0 Å². The Morgan fingerprint density at radius 3 is 2.45 bits per heavy atom. The number of fused-ring (bicyclic) bond motifs is 3. The van der Waals surface area contributed by atoms with Crippen molar-refractivity contribution in [3.8, 4) is 0 Å². The summed E-state index contributed by atoms with van der Waals surface area (Å²) in [6.45, 7) is 0.138. The van der Waals surface area contributed by atoms with Gasteiger partial charge in [0.25, 0.3) is 14.7 Å². The van der Waals surface area contributed by atoms with Gasteiger partial charge in [-0.3, -0.25) is 19.7 Å². The number of hydrogen-bond acceptors (Lipinski definition) is 7. The number of alkyl halides is 3. The van der Waals surface area contributed by atoms with Gasteiger partial charge in [-0.25, -0.2) is 8.42 Å². The van der Waals surface area contributed by atoms with Crippen molar-refractivity contribution in [3.05, 3.63) is 39.9 Å². The lowest BCUT2D eigenvalue weighted by Crippen LogP contribution is -2.40. The van der Waals surface area contributed by atoms with Crippen LogP contribution in [0.5, 0.6) is 0 Å². The molecule has 2 aromatic carbocycles. The Labute approximate surface area is 176 Å². The zero-order valence-corrected chi connectivity index (χ0v) is 17.0. The number of anilines is 1. The van der Waals surface area contributed by atoms with E-state index < -0.39 is 61.7 Å². The largest absolute Gasteiger partial charge is 0.471 e. The van der Waals surface area contributed by atoms with Gasteiger partial charge in [0.1, 0.15) is 0 Å². The van der Waals surface area contributed by atoms with Crippen LogP contribution >= 0.6 is 10.7 Å². The first-order valence-corrected chi connectivity index (χ1v) is 10.7. The summed E-state index contributed by atoms with van der Waals surface area (Å²) in [5.74, 6) is -3.90. The van der Waals surface area contributed by atoms with Crippen molar-refractivity contribution in [2.75, 3.05) is 18.1 Å². The first-order valence-electron chi connectivity index (χ1n) is 8.43. The van der Waals surface area contributed by atoms with Crippen LogP contribution in [0.2, 0.25) is 0 Å². The number of non-ortho nitro benzene ring substituents is 1. The van der Waals surface area contributed by atoms with Crippen LogP contribution in [0.1, 0.15) is 18.4 Å². The second kappa shape index (κ2) is 7.64. The number of nitro benzene ring substituents is 1. The number of benzene rings is 2. The molecule has 3 rings (SSSR count). The van der Waals surface area contributed by atoms with Gasteiger partial charge in [0.2, 0.25) is 0 Å². The second-order valence-corrected chi connectivity index (χ2v) is 9.21. The average molecular weight is 481 g/mol. The van der Waals surface area contributed by atoms with Gasteiger partial charge >= 0.3 is 18.1 Å². The maximum Gasteiger partial charge on any atom is 0.471 e. The van der Waals surface area contributed by atoms with Crippen molar-refractivity contribution < 1.29 is 40.8 Å². The highest BCUT2D eigenvalue weighted by molar-refractivity contribution is 8.13. The van der Waals surface area contributed by atoms with Gasteiger partial charge in [-0.05, 0) is 23.1 Å². The third-order valence-corrected chi connectivity index (χ3v) is 6.01. The standard InChI is InChI=1S/C17H12ClF3N2O7S/c1-8(24)30-7-9-6-22(16(25)17(19,20)21)14-5-13(23(26)27)12-4-10(31(18,28)29)2-3-11(12)15(9)14/h2-5,9H,6-7H2,1H3. The molecule has 0 fully saturated rings. The Kier molecular flexibility index (Phi) is 5.61. The van der Waals surface area contributed by atoms with E-state index in [9.17, 15) is 41.3 Å². The van der Waals surface area contributed by atoms with Crippen molar-refractivity contribution in [1.82, 2.24) is 0 Å². The number of esters is 1. The molecule has 1 atom stereocenters. The third-order valence-electron chi connectivity index (χ3n) is 4.66. The number of ether oxygens (including phenoxy) is 1. The minimum Gasteiger partial charge on any atom is -0.465 e. The van der Waals surface area contributed by atoms with Crippen LogP contribution in [0.15, 0.2) is 29.2 Å². The number of amides is 1. The van der Waals surface area contributed by atoms with E-state index in [0.717, 1.165) is 31.2 Å². The van der Waals surface area contributed by atoms with E-state index in [1.165, 1.54) is 0 Å². The molecule has 0 bridgehead atoms. The molecule has 2 aromatic rings. The SMILES string of the molecule is CC(=O)OCC1CN(C(=O)C(F)(F)F)c2cc([N+](=O)[O-])c3cc(S(=O)(=O)Cl)ccc3c21.